The molecule has 0 aromatic rings. The van der Waals surface area contributed by atoms with Gasteiger partial charge < -0.3 is 71.1 Å². The van der Waals surface area contributed by atoms with Crippen LogP contribution in [0.1, 0.15) is 41.5 Å². The van der Waals surface area contributed by atoms with E-state index in [9.17, 15) is 4.39 Å². The summed E-state index contributed by atoms with van der Waals surface area (Å²) in [4.78, 5) is 0. The van der Waals surface area contributed by atoms with Crippen LogP contribution in [0.25, 0.3) is 0 Å². The quantitative estimate of drug-likeness (QED) is 0.0748. The van der Waals surface area contributed by atoms with Crippen molar-refractivity contribution in [1.82, 2.24) is 0 Å². The van der Waals surface area contributed by atoms with Crippen molar-refractivity contribution in [2.75, 3.05) is 140 Å². The van der Waals surface area contributed by atoms with Gasteiger partial charge in [-0.1, -0.05) is 14.9 Å². The summed E-state index contributed by atoms with van der Waals surface area (Å²) in [5, 5.41) is 0. The minimum Gasteiger partial charge on any atom is -0.382 e. The molecule has 316 valence electrons. The van der Waals surface area contributed by atoms with Crippen LogP contribution >= 0.6 is 0 Å². The number of halogens is 1. The van der Waals surface area contributed by atoms with E-state index < -0.39 is 5.67 Å². The highest BCUT2D eigenvalue weighted by molar-refractivity contribution is 4.73. The second-order valence-electron chi connectivity index (χ2n) is 14.0. The molecule has 0 radical (unpaired) electrons. The topological polar surface area (TPSA) is 158 Å². The highest BCUT2D eigenvalue weighted by atomic mass is 19.1. The summed E-state index contributed by atoms with van der Waals surface area (Å²) >= 11 is 0. The van der Waals surface area contributed by atoms with Crippen molar-refractivity contribution in [3.05, 3.63) is 0 Å². The molecule has 15 nitrogen and oxygen atoms in total. The Hall–Kier alpha value is -0.670. The molecule has 9 atom stereocenters. The Labute approximate surface area is 317 Å². The van der Waals surface area contributed by atoms with Gasteiger partial charge >= 0.3 is 0 Å². The van der Waals surface area contributed by atoms with Crippen molar-refractivity contribution < 1.29 is 75.4 Å². The van der Waals surface area contributed by atoms with Crippen molar-refractivity contribution in [1.29, 1.82) is 0 Å². The molecule has 6 fully saturated rings. The molecule has 0 saturated carbocycles. The summed E-state index contributed by atoms with van der Waals surface area (Å²) in [6.07, 6.45) is 2.77. The standard InChI is InChI=1S/C15H27FO5.2C10H18O5.2CH4/c1-15(2,16)4-3-5-17-6-12(19-10-14-11-21-14)7-18-8-13-9-20-13;2*1-11-2-8(13-6-10-7-15-10)3-12-4-9-5-14-9;;/h12-14H,3-11H2,1-2H3;2*8-10H,2-7H2,1H3;2*1H4. The van der Waals surface area contributed by atoms with Gasteiger partial charge in [-0.05, 0) is 26.7 Å². The zero-order valence-electron chi connectivity index (χ0n) is 31.0. The Morgan fingerprint density at radius 3 is 1.06 bits per heavy atom. The highest BCUT2D eigenvalue weighted by Gasteiger charge is 2.28. The first-order chi connectivity index (χ1) is 24.8. The molecule has 0 bridgehead atoms. The Bertz CT molecular complexity index is 822. The van der Waals surface area contributed by atoms with E-state index in [2.05, 4.69) is 0 Å². The third-order valence-corrected chi connectivity index (χ3v) is 7.86. The lowest BCUT2D eigenvalue weighted by atomic mass is 10.1. The van der Waals surface area contributed by atoms with Gasteiger partial charge in [0.25, 0.3) is 0 Å². The minimum atomic E-state index is -1.13. The first-order valence-electron chi connectivity index (χ1n) is 18.3. The van der Waals surface area contributed by atoms with Crippen LogP contribution in [0.5, 0.6) is 0 Å². The van der Waals surface area contributed by atoms with E-state index in [1.807, 2.05) is 0 Å². The second kappa shape index (κ2) is 27.8. The van der Waals surface area contributed by atoms with Gasteiger partial charge in [0.1, 0.15) is 60.6 Å². The van der Waals surface area contributed by atoms with E-state index in [-0.39, 0.29) is 57.6 Å². The monoisotopic (exact) mass is 774 g/mol. The predicted molar refractivity (Wildman–Crippen MR) is 193 cm³/mol. The molecule has 0 N–H and O–H groups in total. The minimum absolute atomic E-state index is 0. The third-order valence-electron chi connectivity index (χ3n) is 7.86. The van der Waals surface area contributed by atoms with Gasteiger partial charge in [-0.15, -0.1) is 0 Å². The molecule has 0 aromatic heterocycles. The maximum atomic E-state index is 13.3. The van der Waals surface area contributed by atoms with E-state index >= 15 is 0 Å². The summed E-state index contributed by atoms with van der Waals surface area (Å²) in [6.45, 7) is 15.5. The largest absolute Gasteiger partial charge is 0.382 e. The van der Waals surface area contributed by atoms with Crippen LogP contribution in [0.2, 0.25) is 0 Å². The summed E-state index contributed by atoms with van der Waals surface area (Å²) < 4.78 is 92.8. The molecule has 6 aliphatic rings. The molecule has 16 heteroatoms. The van der Waals surface area contributed by atoms with E-state index in [4.69, 9.17) is 71.1 Å². The van der Waals surface area contributed by atoms with Gasteiger partial charge in [0.15, 0.2) is 0 Å². The molecule has 0 aromatic carbocycles. The summed E-state index contributed by atoms with van der Waals surface area (Å²) in [5.41, 5.74) is -1.13. The average Bonchev–Trinajstić information content (AvgIpc) is 3.89. The lowest BCUT2D eigenvalue weighted by molar-refractivity contribution is -0.0656. The molecule has 9 unspecified atom stereocenters. The summed E-state index contributed by atoms with van der Waals surface area (Å²) in [7, 11) is 3.32. The van der Waals surface area contributed by atoms with Crippen LogP contribution in [-0.2, 0) is 71.1 Å². The number of hydrogen-bond acceptors (Lipinski definition) is 15. The van der Waals surface area contributed by atoms with Crippen LogP contribution in [0.3, 0.4) is 0 Å². The molecule has 6 saturated heterocycles. The molecule has 53 heavy (non-hydrogen) atoms. The Morgan fingerprint density at radius 2 is 0.774 bits per heavy atom. The maximum absolute atomic E-state index is 13.3. The molecule has 0 amide bonds. The lowest BCUT2D eigenvalue weighted by Gasteiger charge is -2.18. The van der Waals surface area contributed by atoms with Crippen LogP contribution in [-0.4, -0.2) is 200 Å². The fourth-order valence-corrected chi connectivity index (χ4v) is 4.32. The van der Waals surface area contributed by atoms with Gasteiger partial charge in [0.05, 0.1) is 119 Å². The van der Waals surface area contributed by atoms with Crippen molar-refractivity contribution in [3.63, 3.8) is 0 Å². The zero-order chi connectivity index (χ0) is 36.2. The van der Waals surface area contributed by atoms with Gasteiger partial charge in [0, 0.05) is 20.8 Å². The van der Waals surface area contributed by atoms with Crippen LogP contribution in [0.15, 0.2) is 0 Å². The molecular formula is C37H71FO15. The fraction of sp³-hybridized carbons (Fsp3) is 1.00. The van der Waals surface area contributed by atoms with E-state index in [0.29, 0.717) is 111 Å². The van der Waals surface area contributed by atoms with E-state index in [0.717, 1.165) is 39.6 Å². The SMILES string of the molecule is C.C.CC(C)(F)CCCOCC(COCC1CO1)OCC1CO1.COCC(COCC1CO1)OCC1CO1.COCC(COCC1CO1)OCC1CO1. The molecule has 0 aliphatic carbocycles. The molecular weight excluding hydrogens is 703 g/mol. The summed E-state index contributed by atoms with van der Waals surface area (Å²) in [5.74, 6) is 0. The van der Waals surface area contributed by atoms with Gasteiger partial charge in [-0.2, -0.15) is 0 Å². The van der Waals surface area contributed by atoms with Crippen molar-refractivity contribution in [2.45, 2.75) is 102 Å². The number of alkyl halides is 1. The van der Waals surface area contributed by atoms with Crippen LogP contribution in [0.4, 0.5) is 4.39 Å². The van der Waals surface area contributed by atoms with Crippen LogP contribution in [0, 0.1) is 0 Å². The fourth-order valence-electron chi connectivity index (χ4n) is 4.32. The van der Waals surface area contributed by atoms with E-state index in [1.54, 1.807) is 28.1 Å². The van der Waals surface area contributed by atoms with Crippen molar-refractivity contribution >= 4 is 0 Å². The maximum Gasteiger partial charge on any atom is 0.105 e. The number of epoxide rings is 6. The van der Waals surface area contributed by atoms with E-state index in [1.165, 1.54) is 0 Å². The third kappa shape index (κ3) is 29.3. The number of rotatable bonds is 31. The average molecular weight is 775 g/mol. The van der Waals surface area contributed by atoms with Crippen molar-refractivity contribution in [3.8, 4) is 0 Å². The number of methoxy groups -OCH3 is 2. The Kier molecular flexibility index (Phi) is 25.5. The number of hydrogen-bond donors (Lipinski definition) is 0. The second-order valence-corrected chi connectivity index (χ2v) is 14.0. The smallest absolute Gasteiger partial charge is 0.105 e. The lowest BCUT2D eigenvalue weighted by Crippen LogP contribution is -2.28. The van der Waals surface area contributed by atoms with Gasteiger partial charge in [-0.3, -0.25) is 0 Å². The Balaban J connectivity index is 0.000000275. The van der Waals surface area contributed by atoms with Gasteiger partial charge in [-0.25, -0.2) is 4.39 Å². The summed E-state index contributed by atoms with van der Waals surface area (Å²) in [6, 6.07) is 0. The molecule has 0 spiro atoms. The molecule has 6 aliphatic heterocycles. The zero-order valence-corrected chi connectivity index (χ0v) is 31.0. The van der Waals surface area contributed by atoms with Crippen molar-refractivity contribution in [2.24, 2.45) is 0 Å². The first kappa shape index (κ1) is 48.5. The highest BCUT2D eigenvalue weighted by Crippen LogP contribution is 2.17. The predicted octanol–water partition coefficient (Wildman–Crippen LogP) is 2.67. The Morgan fingerprint density at radius 1 is 0.491 bits per heavy atom. The number of ether oxygens (including phenoxy) is 15. The molecule has 6 rings (SSSR count). The normalized spacial score (nSPS) is 27.3. The van der Waals surface area contributed by atoms with Crippen LogP contribution < -0.4 is 0 Å². The van der Waals surface area contributed by atoms with Gasteiger partial charge in [0.2, 0.25) is 0 Å². The first-order valence-corrected chi connectivity index (χ1v) is 18.3. The molecule has 6 heterocycles.